The Morgan fingerprint density at radius 3 is 2.69 bits per heavy atom. The molecule has 7 nitrogen and oxygen atoms in total. The smallest absolute Gasteiger partial charge is 0.231 e. The van der Waals surface area contributed by atoms with Crippen LogP contribution < -0.4 is 11.1 Å². The molecule has 0 aromatic carbocycles. The van der Waals surface area contributed by atoms with Gasteiger partial charge in [0.1, 0.15) is 11.7 Å². The molecule has 0 radical (unpaired) electrons. The first-order valence-electron chi connectivity index (χ1n) is 9.26. The van der Waals surface area contributed by atoms with Crippen LogP contribution in [-0.2, 0) is 19.4 Å². The van der Waals surface area contributed by atoms with Crippen LogP contribution in [-0.4, -0.2) is 57.8 Å². The molecule has 0 saturated carbocycles. The van der Waals surface area contributed by atoms with E-state index >= 15 is 0 Å². The van der Waals surface area contributed by atoms with E-state index in [0.717, 1.165) is 25.9 Å². The fourth-order valence-electron chi connectivity index (χ4n) is 4.01. The van der Waals surface area contributed by atoms with Gasteiger partial charge in [-0.15, -0.1) is 0 Å². The van der Waals surface area contributed by atoms with Gasteiger partial charge in [0.2, 0.25) is 5.91 Å². The van der Waals surface area contributed by atoms with Gasteiger partial charge in [0.15, 0.2) is 9.84 Å². The van der Waals surface area contributed by atoms with Crippen molar-refractivity contribution in [1.29, 1.82) is 0 Å². The zero-order valence-electron chi connectivity index (χ0n) is 16.1. The maximum Gasteiger partial charge on any atom is 0.231 e. The van der Waals surface area contributed by atoms with Crippen LogP contribution >= 0.6 is 0 Å². The quantitative estimate of drug-likeness (QED) is 0.678. The molecule has 0 spiro atoms. The Morgan fingerprint density at radius 1 is 1.42 bits per heavy atom. The number of likely N-dealkylation sites (N-methyl/N-ethyl adjacent to an activating group) is 1. The van der Waals surface area contributed by atoms with Crippen molar-refractivity contribution < 1.29 is 17.9 Å². The monoisotopic (exact) mass is 385 g/mol. The van der Waals surface area contributed by atoms with Crippen LogP contribution in [0.2, 0.25) is 0 Å². The van der Waals surface area contributed by atoms with Crippen LogP contribution in [0.25, 0.3) is 0 Å². The van der Waals surface area contributed by atoms with E-state index in [1.54, 1.807) is 13.8 Å². The number of carbonyl (C=O) groups excluding carboxylic acids is 1. The number of likely N-dealkylation sites (tertiary alicyclic amines) is 1. The molecule has 2 aliphatic rings. The van der Waals surface area contributed by atoms with E-state index in [4.69, 9.17) is 10.5 Å². The molecule has 1 aliphatic carbocycles. The molecule has 3 N–H and O–H groups in total. The fourth-order valence-corrected chi connectivity index (χ4v) is 5.44. The average molecular weight is 386 g/mol. The number of nitrogens with two attached hydrogens (primary N) is 1. The highest BCUT2D eigenvalue weighted by atomic mass is 32.2. The summed E-state index contributed by atoms with van der Waals surface area (Å²) in [5.41, 5.74) is 6.14. The summed E-state index contributed by atoms with van der Waals surface area (Å²) < 4.78 is 30.2. The van der Waals surface area contributed by atoms with Crippen molar-refractivity contribution in [3.8, 4) is 0 Å². The van der Waals surface area contributed by atoms with E-state index < -0.39 is 21.7 Å². The zero-order valence-corrected chi connectivity index (χ0v) is 16.9. The number of hydrogen-bond acceptors (Lipinski definition) is 6. The van der Waals surface area contributed by atoms with Crippen LogP contribution in [0.3, 0.4) is 0 Å². The third-order valence-corrected chi connectivity index (χ3v) is 7.49. The van der Waals surface area contributed by atoms with Gasteiger partial charge in [-0.2, -0.15) is 0 Å². The SMILES string of the molecule is CCN1CCCC1CNC(=O)C1C(OC)=CC(N)=C(S(=O)(=O)CC)C1C. The Balaban J connectivity index is 2.19. The van der Waals surface area contributed by atoms with Gasteiger partial charge in [0, 0.05) is 30.3 Å². The molecule has 8 heteroatoms. The van der Waals surface area contributed by atoms with Gasteiger partial charge >= 0.3 is 0 Å². The molecule has 1 saturated heterocycles. The average Bonchev–Trinajstić information content (AvgIpc) is 3.06. The third kappa shape index (κ3) is 4.06. The highest BCUT2D eigenvalue weighted by molar-refractivity contribution is 7.95. The molecule has 2 rings (SSSR count). The van der Waals surface area contributed by atoms with Gasteiger partial charge in [0.05, 0.1) is 17.8 Å². The van der Waals surface area contributed by atoms with Crippen LogP contribution in [0.15, 0.2) is 22.4 Å². The van der Waals surface area contributed by atoms with Crippen LogP contribution in [0, 0.1) is 11.8 Å². The lowest BCUT2D eigenvalue weighted by Gasteiger charge is -2.31. The number of sulfone groups is 1. The first kappa shape index (κ1) is 20.8. The molecule has 1 aliphatic heterocycles. The topological polar surface area (TPSA) is 102 Å². The minimum absolute atomic E-state index is 0.0502. The van der Waals surface area contributed by atoms with Crippen molar-refractivity contribution in [3.05, 3.63) is 22.4 Å². The van der Waals surface area contributed by atoms with Gasteiger partial charge in [-0.25, -0.2) is 8.42 Å². The Morgan fingerprint density at radius 2 is 2.12 bits per heavy atom. The van der Waals surface area contributed by atoms with Crippen molar-refractivity contribution in [3.63, 3.8) is 0 Å². The second-order valence-electron chi connectivity index (χ2n) is 6.91. The number of methoxy groups -OCH3 is 1. The Bertz CT molecular complexity index is 699. The van der Waals surface area contributed by atoms with Crippen molar-refractivity contribution in [2.75, 3.05) is 32.5 Å². The summed E-state index contributed by atoms with van der Waals surface area (Å²) in [6, 6.07) is 0.331. The van der Waals surface area contributed by atoms with E-state index in [-0.39, 0.29) is 22.3 Å². The number of ether oxygens (including phenoxy) is 1. The first-order valence-corrected chi connectivity index (χ1v) is 10.9. The fraction of sp³-hybridized carbons (Fsp3) is 0.722. The lowest BCUT2D eigenvalue weighted by atomic mass is 9.86. The Hall–Kier alpha value is -1.54. The number of hydrogen-bond donors (Lipinski definition) is 2. The summed E-state index contributed by atoms with van der Waals surface area (Å²) >= 11 is 0. The van der Waals surface area contributed by atoms with Crippen molar-refractivity contribution >= 4 is 15.7 Å². The lowest BCUT2D eigenvalue weighted by Crippen LogP contribution is -2.45. The normalized spacial score (nSPS) is 27.4. The minimum atomic E-state index is -3.49. The Kier molecular flexibility index (Phi) is 6.74. The predicted octanol–water partition coefficient (Wildman–Crippen LogP) is 0.988. The molecule has 1 heterocycles. The summed E-state index contributed by atoms with van der Waals surface area (Å²) in [6.07, 6.45) is 3.67. The second-order valence-corrected chi connectivity index (χ2v) is 9.16. The molecule has 3 unspecified atom stereocenters. The van der Waals surface area contributed by atoms with Gasteiger partial charge < -0.3 is 15.8 Å². The maximum absolute atomic E-state index is 12.9. The number of nitrogens with one attached hydrogen (secondary N) is 1. The van der Waals surface area contributed by atoms with E-state index in [2.05, 4.69) is 17.1 Å². The largest absolute Gasteiger partial charge is 0.500 e. The maximum atomic E-state index is 12.9. The summed E-state index contributed by atoms with van der Waals surface area (Å²) in [6.45, 7) is 7.98. The summed E-state index contributed by atoms with van der Waals surface area (Å²) in [4.78, 5) is 15.4. The van der Waals surface area contributed by atoms with Crippen LogP contribution in [0.5, 0.6) is 0 Å². The molecule has 0 bridgehead atoms. The van der Waals surface area contributed by atoms with Gasteiger partial charge in [-0.3, -0.25) is 9.69 Å². The highest BCUT2D eigenvalue weighted by Crippen LogP contribution is 2.37. The van der Waals surface area contributed by atoms with E-state index in [0.29, 0.717) is 18.3 Å². The highest BCUT2D eigenvalue weighted by Gasteiger charge is 2.40. The molecule has 26 heavy (non-hydrogen) atoms. The van der Waals surface area contributed by atoms with Crippen molar-refractivity contribution in [2.45, 2.75) is 39.7 Å². The molecule has 3 atom stereocenters. The molecule has 0 aromatic heterocycles. The van der Waals surface area contributed by atoms with E-state index in [9.17, 15) is 13.2 Å². The van der Waals surface area contributed by atoms with E-state index in [1.807, 2.05) is 0 Å². The van der Waals surface area contributed by atoms with Gasteiger partial charge in [-0.1, -0.05) is 20.8 Å². The van der Waals surface area contributed by atoms with Crippen molar-refractivity contribution in [1.82, 2.24) is 10.2 Å². The number of carbonyl (C=O) groups is 1. The van der Waals surface area contributed by atoms with Crippen molar-refractivity contribution in [2.24, 2.45) is 17.6 Å². The summed E-state index contributed by atoms with van der Waals surface area (Å²) in [5, 5.41) is 3.00. The molecule has 1 amide bonds. The van der Waals surface area contributed by atoms with Gasteiger partial charge in [0.25, 0.3) is 0 Å². The zero-order chi connectivity index (χ0) is 19.5. The van der Waals surface area contributed by atoms with Gasteiger partial charge in [-0.05, 0) is 25.9 Å². The predicted molar refractivity (Wildman–Crippen MR) is 102 cm³/mol. The number of allylic oxidation sites excluding steroid dienone is 2. The number of amides is 1. The second kappa shape index (κ2) is 8.43. The summed E-state index contributed by atoms with van der Waals surface area (Å²) in [5.74, 6) is -1.12. The Labute approximate surface area is 156 Å². The van der Waals surface area contributed by atoms with Crippen LogP contribution in [0.1, 0.15) is 33.6 Å². The van der Waals surface area contributed by atoms with E-state index in [1.165, 1.54) is 13.2 Å². The molecular formula is C18H31N3O4S. The third-order valence-electron chi connectivity index (χ3n) is 5.45. The standard InChI is InChI=1S/C18H31N3O4S/c1-5-21-9-7-8-13(21)11-20-18(22)16-12(3)17(26(23,24)6-2)14(19)10-15(16)25-4/h10,12-13,16H,5-9,11,19H2,1-4H3,(H,20,22). The lowest BCUT2D eigenvalue weighted by molar-refractivity contribution is -0.126. The minimum Gasteiger partial charge on any atom is -0.500 e. The molecule has 148 valence electrons. The molecular weight excluding hydrogens is 354 g/mol. The molecule has 0 aromatic rings. The summed E-state index contributed by atoms with van der Waals surface area (Å²) in [7, 11) is -2.02. The molecule has 1 fully saturated rings. The van der Waals surface area contributed by atoms with Crippen LogP contribution in [0.4, 0.5) is 0 Å². The first-order chi connectivity index (χ1) is 12.3. The number of nitrogens with zero attached hydrogens (tertiary/aromatic N) is 1. The number of rotatable bonds is 7.